The van der Waals surface area contributed by atoms with Crippen molar-refractivity contribution < 1.29 is 9.53 Å². The van der Waals surface area contributed by atoms with Gasteiger partial charge in [0.2, 0.25) is 0 Å². The highest BCUT2D eigenvalue weighted by Crippen LogP contribution is 2.68. The SMILES string of the molecule is COc1ccc2cc(C(=O)C3CCC4C5CCC6CC(C)CCC6(C)C5CCC34C)ccc2c1. The van der Waals surface area contributed by atoms with Gasteiger partial charge < -0.3 is 4.74 Å². The first kappa shape index (κ1) is 22.6. The zero-order chi connectivity index (χ0) is 23.7. The lowest BCUT2D eigenvalue weighted by molar-refractivity contribution is -0.114. The number of hydrogen-bond acceptors (Lipinski definition) is 2. The van der Waals surface area contributed by atoms with Crippen molar-refractivity contribution in [2.75, 3.05) is 7.11 Å². The molecule has 34 heavy (non-hydrogen) atoms. The van der Waals surface area contributed by atoms with Gasteiger partial charge in [-0.2, -0.15) is 0 Å². The number of Topliss-reactive ketones (excluding diaryl/α,β-unsaturated/α-hetero) is 1. The highest BCUT2D eigenvalue weighted by Gasteiger charge is 2.61. The van der Waals surface area contributed by atoms with Crippen molar-refractivity contribution in [2.45, 2.75) is 78.6 Å². The van der Waals surface area contributed by atoms with Crippen LogP contribution in [-0.4, -0.2) is 12.9 Å². The maximum atomic E-state index is 13.9. The highest BCUT2D eigenvalue weighted by molar-refractivity contribution is 6.02. The molecule has 6 rings (SSSR count). The van der Waals surface area contributed by atoms with Gasteiger partial charge in [-0.15, -0.1) is 0 Å². The summed E-state index contributed by atoms with van der Waals surface area (Å²) in [5.41, 5.74) is 1.64. The minimum Gasteiger partial charge on any atom is -0.497 e. The van der Waals surface area contributed by atoms with Crippen LogP contribution in [0.15, 0.2) is 36.4 Å². The monoisotopic (exact) mass is 458 g/mol. The number of fused-ring (bicyclic) bond motifs is 6. The standard InChI is InChI=1S/C32H42O2/c1-20-13-15-31(2)24(17-20)8-10-26-27-11-12-29(32(27,3)16-14-28(26)31)30(33)23-6-5-22-19-25(34-4)9-7-21(22)18-23/h5-7,9,18-20,24,26-29H,8,10-17H2,1-4H3. The average molecular weight is 459 g/mol. The van der Waals surface area contributed by atoms with Crippen LogP contribution in [0.2, 0.25) is 0 Å². The Kier molecular flexibility index (Phi) is 5.39. The van der Waals surface area contributed by atoms with E-state index in [4.69, 9.17) is 4.74 Å². The van der Waals surface area contributed by atoms with Gasteiger partial charge in [0.1, 0.15) is 5.75 Å². The lowest BCUT2D eigenvalue weighted by atomic mass is 9.44. The van der Waals surface area contributed by atoms with Crippen LogP contribution in [0, 0.1) is 46.3 Å². The first-order valence-corrected chi connectivity index (χ1v) is 14.0. The van der Waals surface area contributed by atoms with E-state index in [0.29, 0.717) is 11.2 Å². The van der Waals surface area contributed by atoms with E-state index >= 15 is 0 Å². The Labute approximate surface area is 205 Å². The molecule has 8 atom stereocenters. The summed E-state index contributed by atoms with van der Waals surface area (Å²) in [6.07, 6.45) is 12.1. The lowest BCUT2D eigenvalue weighted by Crippen LogP contribution is -2.53. The van der Waals surface area contributed by atoms with Crippen molar-refractivity contribution in [3.63, 3.8) is 0 Å². The molecule has 8 unspecified atom stereocenters. The first-order valence-electron chi connectivity index (χ1n) is 14.0. The first-order chi connectivity index (χ1) is 16.3. The number of ketones is 1. The number of carbonyl (C=O) groups excluding carboxylic acids is 1. The molecule has 0 heterocycles. The molecule has 0 N–H and O–H groups in total. The van der Waals surface area contributed by atoms with Gasteiger partial charge in [-0.1, -0.05) is 45.4 Å². The summed E-state index contributed by atoms with van der Waals surface area (Å²) in [7, 11) is 1.70. The second-order valence-electron chi connectivity index (χ2n) is 13.0. The summed E-state index contributed by atoms with van der Waals surface area (Å²) in [6.45, 7) is 7.62. The molecular weight excluding hydrogens is 416 g/mol. The third-order valence-corrected chi connectivity index (χ3v) is 11.6. The van der Waals surface area contributed by atoms with Gasteiger partial charge in [0, 0.05) is 11.5 Å². The molecule has 182 valence electrons. The molecule has 0 radical (unpaired) electrons. The number of methoxy groups -OCH3 is 1. The third-order valence-electron chi connectivity index (χ3n) is 11.6. The van der Waals surface area contributed by atoms with E-state index in [1.165, 1.54) is 51.4 Å². The van der Waals surface area contributed by atoms with E-state index in [-0.39, 0.29) is 11.3 Å². The Morgan fingerprint density at radius 1 is 0.853 bits per heavy atom. The smallest absolute Gasteiger partial charge is 0.166 e. The second kappa shape index (κ2) is 8.10. The van der Waals surface area contributed by atoms with E-state index in [1.54, 1.807) is 7.11 Å². The molecule has 0 bridgehead atoms. The van der Waals surface area contributed by atoms with Crippen LogP contribution in [0.4, 0.5) is 0 Å². The molecule has 0 amide bonds. The van der Waals surface area contributed by atoms with Gasteiger partial charge in [0.15, 0.2) is 5.78 Å². The fourth-order valence-corrected chi connectivity index (χ4v) is 9.61. The topological polar surface area (TPSA) is 26.3 Å². The van der Waals surface area contributed by atoms with Gasteiger partial charge >= 0.3 is 0 Å². The molecular formula is C32H42O2. The van der Waals surface area contributed by atoms with Gasteiger partial charge in [-0.25, -0.2) is 0 Å². The number of benzene rings is 2. The van der Waals surface area contributed by atoms with Crippen LogP contribution in [0.3, 0.4) is 0 Å². The van der Waals surface area contributed by atoms with Crippen molar-refractivity contribution in [3.05, 3.63) is 42.0 Å². The van der Waals surface area contributed by atoms with Crippen LogP contribution in [0.25, 0.3) is 10.8 Å². The molecule has 4 aliphatic carbocycles. The minimum absolute atomic E-state index is 0.179. The van der Waals surface area contributed by atoms with Crippen LogP contribution in [0.1, 0.15) is 88.9 Å². The largest absolute Gasteiger partial charge is 0.497 e. The van der Waals surface area contributed by atoms with Crippen LogP contribution in [-0.2, 0) is 0 Å². The van der Waals surface area contributed by atoms with Gasteiger partial charge in [0.05, 0.1) is 7.11 Å². The molecule has 2 aromatic rings. The average Bonchev–Trinajstić information content (AvgIpc) is 3.20. The Morgan fingerprint density at radius 3 is 2.41 bits per heavy atom. The maximum absolute atomic E-state index is 13.9. The fraction of sp³-hybridized carbons (Fsp3) is 0.656. The van der Waals surface area contributed by atoms with E-state index in [2.05, 4.69) is 51.1 Å². The Morgan fingerprint density at radius 2 is 1.59 bits per heavy atom. The van der Waals surface area contributed by atoms with Crippen molar-refractivity contribution in [2.24, 2.45) is 46.3 Å². The molecule has 4 aliphatic rings. The number of hydrogen-bond donors (Lipinski definition) is 0. The van der Waals surface area contributed by atoms with Crippen LogP contribution < -0.4 is 4.74 Å². The molecule has 2 nitrogen and oxygen atoms in total. The zero-order valence-corrected chi connectivity index (χ0v) is 21.6. The predicted molar refractivity (Wildman–Crippen MR) is 139 cm³/mol. The summed E-state index contributed by atoms with van der Waals surface area (Å²) < 4.78 is 5.38. The van der Waals surface area contributed by atoms with Gasteiger partial charge in [-0.3, -0.25) is 4.79 Å². The fourth-order valence-electron chi connectivity index (χ4n) is 9.61. The van der Waals surface area contributed by atoms with Gasteiger partial charge in [0.25, 0.3) is 0 Å². The Bertz CT molecular complexity index is 1100. The third kappa shape index (κ3) is 3.30. The summed E-state index contributed by atoms with van der Waals surface area (Å²) in [4.78, 5) is 13.9. The van der Waals surface area contributed by atoms with Crippen molar-refractivity contribution in [1.29, 1.82) is 0 Å². The van der Waals surface area contributed by atoms with Crippen molar-refractivity contribution >= 4 is 16.6 Å². The summed E-state index contributed by atoms with van der Waals surface area (Å²) in [5.74, 6) is 5.78. The van der Waals surface area contributed by atoms with Crippen molar-refractivity contribution in [3.8, 4) is 5.75 Å². The number of rotatable bonds is 3. The van der Waals surface area contributed by atoms with E-state index in [1.807, 2.05) is 6.07 Å². The van der Waals surface area contributed by atoms with Crippen LogP contribution in [0.5, 0.6) is 5.75 Å². The Balaban J connectivity index is 1.26. The van der Waals surface area contributed by atoms with Crippen molar-refractivity contribution in [1.82, 2.24) is 0 Å². The quantitative estimate of drug-likeness (QED) is 0.432. The van der Waals surface area contributed by atoms with E-state index in [9.17, 15) is 4.79 Å². The highest BCUT2D eigenvalue weighted by atomic mass is 16.5. The molecule has 4 saturated carbocycles. The summed E-state index contributed by atoms with van der Waals surface area (Å²) in [5, 5.41) is 2.27. The summed E-state index contributed by atoms with van der Waals surface area (Å²) in [6, 6.07) is 12.4. The molecule has 0 aromatic heterocycles. The Hall–Kier alpha value is -1.83. The maximum Gasteiger partial charge on any atom is 0.166 e. The lowest BCUT2D eigenvalue weighted by Gasteiger charge is -2.61. The van der Waals surface area contributed by atoms with E-state index in [0.717, 1.165) is 58.1 Å². The van der Waals surface area contributed by atoms with Crippen LogP contribution >= 0.6 is 0 Å². The minimum atomic E-state index is 0.179. The molecule has 4 fully saturated rings. The molecule has 0 spiro atoms. The molecule has 0 saturated heterocycles. The number of ether oxygens (including phenoxy) is 1. The van der Waals surface area contributed by atoms with Gasteiger partial charge in [-0.05, 0) is 121 Å². The second-order valence-corrected chi connectivity index (χ2v) is 13.0. The molecule has 2 heteroatoms. The number of carbonyl (C=O) groups is 1. The molecule has 0 aliphatic heterocycles. The predicted octanol–water partition coefficient (Wildman–Crippen LogP) is 8.33. The summed E-state index contributed by atoms with van der Waals surface area (Å²) >= 11 is 0. The zero-order valence-electron chi connectivity index (χ0n) is 21.6. The molecule has 2 aromatic carbocycles. The normalized spacial score (nSPS) is 41.4. The van der Waals surface area contributed by atoms with E-state index < -0.39 is 0 Å².